The Morgan fingerprint density at radius 2 is 2.21 bits per heavy atom. The Bertz CT molecular complexity index is 417. The van der Waals surface area contributed by atoms with Gasteiger partial charge in [-0.3, -0.25) is 0 Å². The smallest absolute Gasteiger partial charge is 0.108 e. The second kappa shape index (κ2) is 5.63. The van der Waals surface area contributed by atoms with E-state index in [0.717, 1.165) is 32.4 Å². The van der Waals surface area contributed by atoms with E-state index in [1.165, 1.54) is 25.1 Å². The van der Waals surface area contributed by atoms with E-state index in [9.17, 15) is 5.11 Å². The molecule has 1 fully saturated rings. The summed E-state index contributed by atoms with van der Waals surface area (Å²) in [6.45, 7) is 2.18. The minimum atomic E-state index is -0.119. The Morgan fingerprint density at radius 1 is 1.37 bits per heavy atom. The predicted octanol–water partition coefficient (Wildman–Crippen LogP) is 1.68. The molecule has 1 aromatic heterocycles. The first kappa shape index (κ1) is 13.1. The molecule has 2 aliphatic rings. The van der Waals surface area contributed by atoms with Crippen LogP contribution in [0.15, 0.2) is 12.4 Å². The molecule has 3 rings (SSSR count). The van der Waals surface area contributed by atoms with Crippen LogP contribution in [0.1, 0.15) is 37.9 Å². The van der Waals surface area contributed by atoms with Crippen LogP contribution in [0.4, 0.5) is 0 Å². The molecule has 106 valence electrons. The lowest BCUT2D eigenvalue weighted by Crippen LogP contribution is -2.46. The maximum Gasteiger partial charge on any atom is 0.108 e. The molecule has 0 bridgehead atoms. The van der Waals surface area contributed by atoms with Crippen molar-refractivity contribution < 1.29 is 5.11 Å². The van der Waals surface area contributed by atoms with E-state index < -0.39 is 0 Å². The van der Waals surface area contributed by atoms with Gasteiger partial charge < -0.3 is 14.6 Å². The van der Waals surface area contributed by atoms with Gasteiger partial charge in [0.15, 0.2) is 0 Å². The van der Waals surface area contributed by atoms with Gasteiger partial charge in [-0.25, -0.2) is 4.98 Å². The van der Waals surface area contributed by atoms with Crippen molar-refractivity contribution in [3.8, 4) is 0 Å². The molecule has 19 heavy (non-hydrogen) atoms. The van der Waals surface area contributed by atoms with E-state index in [0.29, 0.717) is 12.0 Å². The lowest BCUT2D eigenvalue weighted by molar-refractivity contribution is 0.0231. The monoisotopic (exact) mass is 263 g/mol. The number of aryl methyl sites for hydroxylation is 1. The van der Waals surface area contributed by atoms with Crippen LogP contribution in [0.25, 0.3) is 0 Å². The molecule has 1 N–H and O–H groups in total. The predicted molar refractivity (Wildman–Crippen MR) is 74.9 cm³/mol. The van der Waals surface area contributed by atoms with Crippen molar-refractivity contribution in [1.82, 2.24) is 14.5 Å². The molecule has 0 radical (unpaired) electrons. The zero-order valence-corrected chi connectivity index (χ0v) is 11.8. The molecule has 0 spiro atoms. The Kier molecular flexibility index (Phi) is 3.89. The molecule has 1 aliphatic carbocycles. The van der Waals surface area contributed by atoms with E-state index in [2.05, 4.69) is 27.7 Å². The average Bonchev–Trinajstić information content (AvgIpc) is 2.86. The van der Waals surface area contributed by atoms with Gasteiger partial charge in [-0.05, 0) is 32.2 Å². The Balaban J connectivity index is 1.57. The maximum absolute atomic E-state index is 10.1. The highest BCUT2D eigenvalue weighted by atomic mass is 16.3. The summed E-state index contributed by atoms with van der Waals surface area (Å²) in [5, 5.41) is 10.1. The summed E-state index contributed by atoms with van der Waals surface area (Å²) in [6, 6.07) is 0.373. The maximum atomic E-state index is 10.1. The number of hydrogen-bond acceptors (Lipinski definition) is 3. The van der Waals surface area contributed by atoms with Gasteiger partial charge >= 0.3 is 0 Å². The van der Waals surface area contributed by atoms with Crippen LogP contribution in [0.2, 0.25) is 0 Å². The van der Waals surface area contributed by atoms with Crippen LogP contribution in [0.3, 0.4) is 0 Å². The average molecular weight is 263 g/mol. The summed E-state index contributed by atoms with van der Waals surface area (Å²) in [6.07, 6.45) is 10.8. The van der Waals surface area contributed by atoms with Gasteiger partial charge in [-0.2, -0.15) is 0 Å². The molecule has 0 saturated heterocycles. The zero-order chi connectivity index (χ0) is 13.2. The van der Waals surface area contributed by atoms with Crippen molar-refractivity contribution in [3.63, 3.8) is 0 Å². The normalized spacial score (nSPS) is 31.4. The van der Waals surface area contributed by atoms with Gasteiger partial charge in [0.2, 0.25) is 0 Å². The third-order valence-corrected chi connectivity index (χ3v) is 4.84. The molecule has 2 heterocycles. The first-order valence-corrected chi connectivity index (χ1v) is 7.62. The Morgan fingerprint density at radius 3 is 3.05 bits per heavy atom. The first-order chi connectivity index (χ1) is 9.24. The van der Waals surface area contributed by atoms with Crippen LogP contribution in [-0.4, -0.2) is 45.3 Å². The number of nitrogens with zero attached hydrogens (tertiary/aromatic N) is 3. The highest BCUT2D eigenvalue weighted by molar-refractivity contribution is 4.97. The van der Waals surface area contributed by atoms with E-state index in [4.69, 9.17) is 0 Å². The second-order valence-corrected chi connectivity index (χ2v) is 6.26. The highest BCUT2D eigenvalue weighted by Crippen LogP contribution is 2.25. The van der Waals surface area contributed by atoms with Gasteiger partial charge in [-0.1, -0.05) is 12.8 Å². The van der Waals surface area contributed by atoms with Crippen LogP contribution in [0, 0.1) is 5.92 Å². The highest BCUT2D eigenvalue weighted by Gasteiger charge is 2.29. The van der Waals surface area contributed by atoms with E-state index in [1.807, 2.05) is 6.20 Å². The molecule has 1 saturated carbocycles. The fourth-order valence-electron chi connectivity index (χ4n) is 3.73. The van der Waals surface area contributed by atoms with Crippen LogP contribution in [-0.2, 0) is 13.0 Å². The van der Waals surface area contributed by atoms with Gasteiger partial charge in [0.1, 0.15) is 5.82 Å². The molecule has 0 aromatic carbocycles. The van der Waals surface area contributed by atoms with Crippen molar-refractivity contribution in [3.05, 3.63) is 18.2 Å². The van der Waals surface area contributed by atoms with Crippen LogP contribution >= 0.6 is 0 Å². The number of aliphatic hydroxyl groups is 1. The fourth-order valence-corrected chi connectivity index (χ4v) is 3.73. The standard InChI is InChI=1S/C15H25N3O/c1-17(13-4-2-3-5-14(13)19)10-12-6-7-15-16-8-9-18(15)11-12/h8-9,12-14,19H,2-7,10-11H2,1H3/t12-,13+,14+/m0/s1. The van der Waals surface area contributed by atoms with E-state index in [-0.39, 0.29) is 6.10 Å². The molecule has 4 nitrogen and oxygen atoms in total. The zero-order valence-electron chi connectivity index (χ0n) is 11.8. The Hall–Kier alpha value is -0.870. The van der Waals surface area contributed by atoms with Crippen molar-refractivity contribution in [1.29, 1.82) is 0 Å². The lowest BCUT2D eigenvalue weighted by atomic mass is 9.90. The third-order valence-electron chi connectivity index (χ3n) is 4.84. The summed E-state index contributed by atoms with van der Waals surface area (Å²) >= 11 is 0. The summed E-state index contributed by atoms with van der Waals surface area (Å²) in [4.78, 5) is 6.78. The molecular formula is C15H25N3O. The largest absolute Gasteiger partial charge is 0.391 e. The number of fused-ring (bicyclic) bond motifs is 1. The number of aliphatic hydroxyl groups excluding tert-OH is 1. The van der Waals surface area contributed by atoms with Crippen molar-refractivity contribution >= 4 is 0 Å². The molecule has 1 aliphatic heterocycles. The van der Waals surface area contributed by atoms with Crippen molar-refractivity contribution in [2.45, 2.75) is 57.2 Å². The topological polar surface area (TPSA) is 41.3 Å². The SMILES string of the molecule is CN(C[C@@H]1CCc2nccn2C1)[C@@H]1CCCC[C@H]1O. The minimum absolute atomic E-state index is 0.119. The summed E-state index contributed by atoms with van der Waals surface area (Å²) in [5.74, 6) is 1.93. The molecular weight excluding hydrogens is 238 g/mol. The summed E-state index contributed by atoms with van der Waals surface area (Å²) < 4.78 is 2.29. The van der Waals surface area contributed by atoms with Gasteiger partial charge in [0, 0.05) is 37.9 Å². The van der Waals surface area contributed by atoms with Crippen molar-refractivity contribution in [2.75, 3.05) is 13.6 Å². The second-order valence-electron chi connectivity index (χ2n) is 6.26. The van der Waals surface area contributed by atoms with Gasteiger partial charge in [-0.15, -0.1) is 0 Å². The van der Waals surface area contributed by atoms with Crippen molar-refractivity contribution in [2.24, 2.45) is 5.92 Å². The van der Waals surface area contributed by atoms with E-state index in [1.54, 1.807) is 0 Å². The van der Waals surface area contributed by atoms with E-state index >= 15 is 0 Å². The lowest BCUT2D eigenvalue weighted by Gasteiger charge is -2.37. The Labute approximate surface area is 115 Å². The van der Waals surface area contributed by atoms with Gasteiger partial charge in [0.05, 0.1) is 6.10 Å². The summed E-state index contributed by atoms with van der Waals surface area (Å²) in [7, 11) is 2.18. The van der Waals surface area contributed by atoms with Crippen LogP contribution in [0.5, 0.6) is 0 Å². The molecule has 0 amide bonds. The number of imidazole rings is 1. The number of rotatable bonds is 3. The third kappa shape index (κ3) is 2.84. The fraction of sp³-hybridized carbons (Fsp3) is 0.800. The number of hydrogen-bond donors (Lipinski definition) is 1. The molecule has 1 aromatic rings. The number of aromatic nitrogens is 2. The summed E-state index contributed by atoms with van der Waals surface area (Å²) in [5.41, 5.74) is 0. The first-order valence-electron chi connectivity index (χ1n) is 7.62. The molecule has 0 unspecified atom stereocenters. The molecule has 3 atom stereocenters. The quantitative estimate of drug-likeness (QED) is 0.902. The van der Waals surface area contributed by atoms with Crippen LogP contribution < -0.4 is 0 Å². The van der Waals surface area contributed by atoms with Gasteiger partial charge in [0.25, 0.3) is 0 Å². The number of likely N-dealkylation sites (N-methyl/N-ethyl adjacent to an activating group) is 1. The minimum Gasteiger partial charge on any atom is -0.391 e. The molecule has 4 heteroatoms.